The predicted octanol–water partition coefficient (Wildman–Crippen LogP) is 2.91. The molecular formula is C16H21Cl2N3O. The highest BCUT2D eigenvalue weighted by molar-refractivity contribution is 6.06. The van der Waals surface area contributed by atoms with E-state index in [2.05, 4.69) is 15.6 Å². The molecule has 0 atom stereocenters. The highest BCUT2D eigenvalue weighted by Gasteiger charge is 2.26. The number of rotatable bonds is 5. The second-order valence-electron chi connectivity index (χ2n) is 5.25. The molecule has 0 radical (unpaired) electrons. The van der Waals surface area contributed by atoms with Gasteiger partial charge in [-0.15, -0.1) is 24.8 Å². The van der Waals surface area contributed by atoms with E-state index in [4.69, 9.17) is 0 Å². The molecule has 1 aromatic heterocycles. The number of benzene rings is 1. The topological polar surface area (TPSA) is 54.0 Å². The summed E-state index contributed by atoms with van der Waals surface area (Å²) in [6, 6.07) is 9.83. The molecule has 1 aromatic carbocycles. The zero-order valence-corrected chi connectivity index (χ0v) is 14.1. The molecule has 3 rings (SSSR count). The van der Waals surface area contributed by atoms with Gasteiger partial charge in [0.25, 0.3) is 5.91 Å². The van der Waals surface area contributed by atoms with E-state index in [-0.39, 0.29) is 30.7 Å². The molecule has 1 saturated carbocycles. The van der Waals surface area contributed by atoms with Gasteiger partial charge in [0.1, 0.15) is 0 Å². The fraction of sp³-hybridized carbons (Fsp3) is 0.375. The molecule has 0 bridgehead atoms. The minimum Gasteiger partial charge on any atom is -0.351 e. The number of hydrogen-bond acceptors (Lipinski definition) is 3. The number of amides is 1. The molecule has 1 amide bonds. The molecule has 1 aliphatic rings. The maximum atomic E-state index is 12.4. The minimum absolute atomic E-state index is 0. The molecule has 120 valence electrons. The molecule has 0 spiro atoms. The Balaban J connectivity index is 0.00000121. The third-order valence-electron chi connectivity index (χ3n) is 3.64. The summed E-state index contributed by atoms with van der Waals surface area (Å²) in [6.07, 6.45) is 2.37. The van der Waals surface area contributed by atoms with Crippen molar-refractivity contribution in [2.45, 2.75) is 18.8 Å². The zero-order chi connectivity index (χ0) is 13.9. The van der Waals surface area contributed by atoms with Crippen molar-refractivity contribution < 1.29 is 4.79 Å². The maximum Gasteiger partial charge on any atom is 0.252 e. The maximum absolute atomic E-state index is 12.4. The average molecular weight is 342 g/mol. The van der Waals surface area contributed by atoms with Gasteiger partial charge in [-0.25, -0.2) is 0 Å². The molecule has 0 saturated heterocycles. The fourth-order valence-electron chi connectivity index (χ4n) is 2.37. The zero-order valence-electron chi connectivity index (χ0n) is 12.5. The second-order valence-corrected chi connectivity index (χ2v) is 5.25. The first-order valence-corrected chi connectivity index (χ1v) is 7.12. The lowest BCUT2D eigenvalue weighted by atomic mass is 10.1. The van der Waals surface area contributed by atoms with E-state index < -0.39 is 0 Å². The minimum atomic E-state index is -0.0132. The van der Waals surface area contributed by atoms with Gasteiger partial charge in [0, 0.05) is 30.1 Å². The highest BCUT2D eigenvalue weighted by Crippen LogP contribution is 2.40. The van der Waals surface area contributed by atoms with E-state index >= 15 is 0 Å². The Morgan fingerprint density at radius 3 is 2.64 bits per heavy atom. The second kappa shape index (κ2) is 8.32. The van der Waals surface area contributed by atoms with Crippen molar-refractivity contribution >= 4 is 41.6 Å². The van der Waals surface area contributed by atoms with Gasteiger partial charge in [0.15, 0.2) is 0 Å². The first-order chi connectivity index (χ1) is 9.79. The Bertz CT molecular complexity index is 644. The van der Waals surface area contributed by atoms with Crippen molar-refractivity contribution in [2.24, 2.45) is 0 Å². The first kappa shape index (κ1) is 18.7. The smallest absolute Gasteiger partial charge is 0.252 e. The number of para-hydroxylation sites is 1. The Labute approximate surface area is 142 Å². The van der Waals surface area contributed by atoms with Crippen molar-refractivity contribution in [3.05, 3.63) is 41.6 Å². The monoisotopic (exact) mass is 341 g/mol. The van der Waals surface area contributed by atoms with Gasteiger partial charge in [-0.1, -0.05) is 18.2 Å². The largest absolute Gasteiger partial charge is 0.351 e. The number of carbonyl (C=O) groups excluding carboxylic acids is 1. The summed E-state index contributed by atoms with van der Waals surface area (Å²) < 4.78 is 0. The predicted molar refractivity (Wildman–Crippen MR) is 94.5 cm³/mol. The number of likely N-dealkylation sites (N-methyl/N-ethyl adjacent to an activating group) is 1. The number of nitrogens with zero attached hydrogens (tertiary/aromatic N) is 1. The van der Waals surface area contributed by atoms with Crippen LogP contribution in [0.25, 0.3) is 10.9 Å². The van der Waals surface area contributed by atoms with Crippen LogP contribution >= 0.6 is 24.8 Å². The van der Waals surface area contributed by atoms with Crippen molar-refractivity contribution in [2.75, 3.05) is 20.1 Å². The normalized spacial score (nSPS) is 13.1. The fourth-order valence-corrected chi connectivity index (χ4v) is 2.37. The number of nitrogens with one attached hydrogen (secondary N) is 2. The van der Waals surface area contributed by atoms with Crippen LogP contribution in [0.3, 0.4) is 0 Å². The molecular weight excluding hydrogens is 321 g/mol. The molecule has 0 unspecified atom stereocenters. The van der Waals surface area contributed by atoms with Gasteiger partial charge >= 0.3 is 0 Å². The molecule has 1 heterocycles. The lowest BCUT2D eigenvalue weighted by Gasteiger charge is -2.10. The third-order valence-corrected chi connectivity index (χ3v) is 3.64. The van der Waals surface area contributed by atoms with Crippen LogP contribution in [0.4, 0.5) is 0 Å². The quantitative estimate of drug-likeness (QED) is 0.822. The lowest BCUT2D eigenvalue weighted by Crippen LogP contribution is -2.30. The van der Waals surface area contributed by atoms with Crippen LogP contribution in [-0.2, 0) is 0 Å². The van der Waals surface area contributed by atoms with Gasteiger partial charge in [0.05, 0.1) is 11.1 Å². The third kappa shape index (κ3) is 4.09. The molecule has 1 fully saturated rings. The van der Waals surface area contributed by atoms with E-state index in [9.17, 15) is 4.79 Å². The average Bonchev–Trinajstić information content (AvgIpc) is 3.31. The molecule has 2 N–H and O–H groups in total. The summed E-state index contributed by atoms with van der Waals surface area (Å²) in [5.74, 6) is 0.532. The summed E-state index contributed by atoms with van der Waals surface area (Å²) in [5.41, 5.74) is 2.71. The van der Waals surface area contributed by atoms with E-state index in [1.54, 1.807) is 0 Å². The van der Waals surface area contributed by atoms with Gasteiger partial charge in [-0.2, -0.15) is 0 Å². The Morgan fingerprint density at radius 1 is 1.23 bits per heavy atom. The van der Waals surface area contributed by atoms with Crippen LogP contribution in [-0.4, -0.2) is 31.0 Å². The number of fused-ring (bicyclic) bond motifs is 1. The number of pyridine rings is 1. The van der Waals surface area contributed by atoms with Gasteiger partial charge in [-0.3, -0.25) is 9.78 Å². The molecule has 2 aromatic rings. The number of carbonyl (C=O) groups is 1. The van der Waals surface area contributed by atoms with E-state index in [0.29, 0.717) is 12.5 Å². The summed E-state index contributed by atoms with van der Waals surface area (Å²) >= 11 is 0. The van der Waals surface area contributed by atoms with Crippen molar-refractivity contribution in [3.63, 3.8) is 0 Å². The van der Waals surface area contributed by atoms with Crippen LogP contribution in [0.5, 0.6) is 0 Å². The van der Waals surface area contributed by atoms with Gasteiger partial charge in [-0.05, 0) is 32.0 Å². The number of halogens is 2. The molecule has 22 heavy (non-hydrogen) atoms. The van der Waals surface area contributed by atoms with Crippen LogP contribution in [0, 0.1) is 0 Å². The first-order valence-electron chi connectivity index (χ1n) is 7.12. The van der Waals surface area contributed by atoms with Crippen molar-refractivity contribution in [1.82, 2.24) is 15.6 Å². The summed E-state index contributed by atoms with van der Waals surface area (Å²) in [5, 5.41) is 6.90. The van der Waals surface area contributed by atoms with Crippen LogP contribution in [0.15, 0.2) is 30.3 Å². The van der Waals surface area contributed by atoms with E-state index in [0.717, 1.165) is 28.7 Å². The van der Waals surface area contributed by atoms with Gasteiger partial charge < -0.3 is 10.6 Å². The van der Waals surface area contributed by atoms with Crippen molar-refractivity contribution in [1.29, 1.82) is 0 Å². The molecule has 1 aliphatic carbocycles. The lowest BCUT2D eigenvalue weighted by molar-refractivity contribution is 0.0955. The van der Waals surface area contributed by atoms with Crippen LogP contribution in [0.2, 0.25) is 0 Å². The van der Waals surface area contributed by atoms with Crippen molar-refractivity contribution in [3.8, 4) is 0 Å². The van der Waals surface area contributed by atoms with Crippen LogP contribution < -0.4 is 10.6 Å². The van der Waals surface area contributed by atoms with E-state index in [1.807, 2.05) is 37.4 Å². The molecule has 6 heteroatoms. The number of aromatic nitrogens is 1. The standard InChI is InChI=1S/C16H19N3O.2ClH/c1-17-8-9-18-16(20)13-10-15(11-6-7-11)19-14-5-3-2-4-12(13)14;;/h2-5,10-11,17H,6-9H2,1H3,(H,18,20);2*1H. The summed E-state index contributed by atoms with van der Waals surface area (Å²) in [4.78, 5) is 17.0. The summed E-state index contributed by atoms with van der Waals surface area (Å²) in [7, 11) is 1.87. The summed E-state index contributed by atoms with van der Waals surface area (Å²) in [6.45, 7) is 1.40. The Morgan fingerprint density at radius 2 is 1.95 bits per heavy atom. The van der Waals surface area contributed by atoms with Gasteiger partial charge in [0.2, 0.25) is 0 Å². The molecule has 0 aliphatic heterocycles. The highest BCUT2D eigenvalue weighted by atomic mass is 35.5. The Kier molecular flexibility index (Phi) is 7.07. The SMILES string of the molecule is CNCCNC(=O)c1cc(C2CC2)nc2ccccc12.Cl.Cl. The van der Waals surface area contributed by atoms with Crippen LogP contribution in [0.1, 0.15) is 34.8 Å². The van der Waals surface area contributed by atoms with E-state index in [1.165, 1.54) is 12.8 Å². The Hall–Kier alpha value is -1.36. The molecule has 4 nitrogen and oxygen atoms in total. The number of hydrogen-bond donors (Lipinski definition) is 2.